The third kappa shape index (κ3) is 4.22. The second kappa shape index (κ2) is 8.32. The number of benzene rings is 2. The fraction of sp³-hybridized carbons (Fsp3) is 0.286. The summed E-state index contributed by atoms with van der Waals surface area (Å²) >= 11 is 0. The quantitative estimate of drug-likeness (QED) is 0.610. The summed E-state index contributed by atoms with van der Waals surface area (Å²) in [4.78, 5) is 38.5. The summed E-state index contributed by atoms with van der Waals surface area (Å²) in [5.41, 5.74) is 6.30. The van der Waals surface area contributed by atoms with E-state index in [1.807, 2.05) is 30.3 Å². The van der Waals surface area contributed by atoms with E-state index < -0.39 is 23.4 Å². The zero-order chi connectivity index (χ0) is 21.0. The average Bonchev–Trinajstić information content (AvgIpc) is 2.96. The molecule has 152 valence electrons. The number of ether oxygens (including phenoxy) is 1. The van der Waals surface area contributed by atoms with Crippen molar-refractivity contribution in [3.8, 4) is 5.75 Å². The predicted octanol–water partition coefficient (Wildman–Crippen LogP) is 1.28. The highest BCUT2D eigenvalue weighted by molar-refractivity contribution is 6.09. The Labute approximate surface area is 169 Å². The molecule has 2 aromatic carbocycles. The molecule has 0 saturated carbocycles. The number of rotatable bonds is 7. The van der Waals surface area contributed by atoms with Gasteiger partial charge in [-0.25, -0.2) is 4.79 Å². The van der Waals surface area contributed by atoms with E-state index in [9.17, 15) is 14.4 Å². The summed E-state index contributed by atoms with van der Waals surface area (Å²) in [5, 5.41) is 5.35. The number of hydrogen-bond acceptors (Lipinski definition) is 5. The van der Waals surface area contributed by atoms with Crippen LogP contribution in [0.4, 0.5) is 4.79 Å². The van der Waals surface area contributed by atoms with Gasteiger partial charge in [-0.1, -0.05) is 42.5 Å². The van der Waals surface area contributed by atoms with Crippen LogP contribution in [0.2, 0.25) is 0 Å². The van der Waals surface area contributed by atoms with Crippen LogP contribution >= 0.6 is 0 Å². The van der Waals surface area contributed by atoms with Gasteiger partial charge in [0, 0.05) is 12.6 Å². The van der Waals surface area contributed by atoms with E-state index in [0.29, 0.717) is 11.3 Å². The first-order valence-electron chi connectivity index (χ1n) is 9.21. The molecule has 0 spiro atoms. The summed E-state index contributed by atoms with van der Waals surface area (Å²) in [6.07, 6.45) is 0. The van der Waals surface area contributed by atoms with Gasteiger partial charge in [0.15, 0.2) is 0 Å². The Kier molecular flexibility index (Phi) is 5.84. The summed E-state index contributed by atoms with van der Waals surface area (Å²) in [6, 6.07) is 15.2. The van der Waals surface area contributed by atoms with E-state index in [4.69, 9.17) is 10.5 Å². The van der Waals surface area contributed by atoms with Crippen LogP contribution in [0, 0.1) is 0 Å². The van der Waals surface area contributed by atoms with Crippen LogP contribution in [0.3, 0.4) is 0 Å². The van der Waals surface area contributed by atoms with Gasteiger partial charge in [-0.15, -0.1) is 0 Å². The first kappa shape index (κ1) is 20.3. The number of amides is 4. The molecule has 3 rings (SSSR count). The molecule has 1 aliphatic rings. The number of urea groups is 1. The lowest BCUT2D eigenvalue weighted by Crippen LogP contribution is -2.44. The fourth-order valence-electron chi connectivity index (χ4n) is 3.20. The molecule has 0 aliphatic carbocycles. The SMILES string of the molecule is COc1ccc(C2(C)NC(=O)N(CC(=O)NCC(N)c3ccccc3)C2=O)cc1. The lowest BCUT2D eigenvalue weighted by atomic mass is 9.92. The van der Waals surface area contributed by atoms with Crippen LogP contribution in [0.15, 0.2) is 54.6 Å². The monoisotopic (exact) mass is 396 g/mol. The van der Waals surface area contributed by atoms with Crippen LogP contribution in [-0.2, 0) is 15.1 Å². The lowest BCUT2D eigenvalue weighted by Gasteiger charge is -2.22. The smallest absolute Gasteiger partial charge is 0.325 e. The molecule has 4 N–H and O–H groups in total. The number of imide groups is 1. The van der Waals surface area contributed by atoms with Gasteiger partial charge in [0.25, 0.3) is 5.91 Å². The van der Waals surface area contributed by atoms with E-state index in [2.05, 4.69) is 10.6 Å². The topological polar surface area (TPSA) is 114 Å². The minimum absolute atomic E-state index is 0.197. The van der Waals surface area contributed by atoms with Crippen LogP contribution in [0.1, 0.15) is 24.1 Å². The second-order valence-corrected chi connectivity index (χ2v) is 7.00. The Bertz CT molecular complexity index is 901. The molecule has 1 fully saturated rings. The average molecular weight is 396 g/mol. The molecule has 1 heterocycles. The zero-order valence-corrected chi connectivity index (χ0v) is 16.3. The van der Waals surface area contributed by atoms with Crippen molar-refractivity contribution in [3.05, 3.63) is 65.7 Å². The summed E-state index contributed by atoms with van der Waals surface area (Å²) in [6.45, 7) is 1.43. The molecule has 1 saturated heterocycles. The molecule has 0 radical (unpaired) electrons. The number of nitrogens with zero attached hydrogens (tertiary/aromatic N) is 1. The Balaban J connectivity index is 1.62. The van der Waals surface area contributed by atoms with Gasteiger partial charge in [0.1, 0.15) is 17.8 Å². The largest absolute Gasteiger partial charge is 0.497 e. The van der Waals surface area contributed by atoms with Crippen molar-refractivity contribution in [1.29, 1.82) is 0 Å². The molecule has 2 aromatic rings. The first-order valence-corrected chi connectivity index (χ1v) is 9.21. The highest BCUT2D eigenvalue weighted by Crippen LogP contribution is 2.29. The van der Waals surface area contributed by atoms with Crippen molar-refractivity contribution in [3.63, 3.8) is 0 Å². The van der Waals surface area contributed by atoms with E-state index in [1.165, 1.54) is 0 Å². The molecular weight excluding hydrogens is 372 g/mol. The van der Waals surface area contributed by atoms with Gasteiger partial charge in [-0.05, 0) is 30.2 Å². The van der Waals surface area contributed by atoms with E-state index >= 15 is 0 Å². The molecular formula is C21H24N4O4. The van der Waals surface area contributed by atoms with Crippen molar-refractivity contribution in [2.24, 2.45) is 5.73 Å². The predicted molar refractivity (Wildman–Crippen MR) is 107 cm³/mol. The van der Waals surface area contributed by atoms with Gasteiger partial charge in [0.05, 0.1) is 7.11 Å². The number of hydrogen-bond donors (Lipinski definition) is 3. The van der Waals surface area contributed by atoms with Gasteiger partial charge in [0.2, 0.25) is 5.91 Å². The highest BCUT2D eigenvalue weighted by Gasteiger charge is 2.49. The summed E-state index contributed by atoms with van der Waals surface area (Å²) in [7, 11) is 1.54. The number of carbonyl (C=O) groups excluding carboxylic acids is 3. The van der Waals surface area contributed by atoms with Gasteiger partial charge < -0.3 is 21.1 Å². The Morgan fingerprint density at radius 3 is 2.45 bits per heavy atom. The maximum atomic E-state index is 12.9. The number of nitrogens with two attached hydrogens (primary N) is 1. The van der Waals surface area contributed by atoms with Crippen molar-refractivity contribution >= 4 is 17.8 Å². The second-order valence-electron chi connectivity index (χ2n) is 7.00. The van der Waals surface area contributed by atoms with Gasteiger partial charge >= 0.3 is 6.03 Å². The Morgan fingerprint density at radius 1 is 1.17 bits per heavy atom. The molecule has 0 bridgehead atoms. The molecule has 0 aromatic heterocycles. The van der Waals surface area contributed by atoms with Crippen LogP contribution in [0.25, 0.3) is 0 Å². The maximum Gasteiger partial charge on any atom is 0.325 e. The van der Waals surface area contributed by atoms with E-state index in [0.717, 1.165) is 10.5 Å². The van der Waals surface area contributed by atoms with E-state index in [-0.39, 0.29) is 19.1 Å². The molecule has 2 atom stereocenters. The van der Waals surface area contributed by atoms with Gasteiger partial charge in [-0.2, -0.15) is 0 Å². The molecule has 4 amide bonds. The highest BCUT2D eigenvalue weighted by atomic mass is 16.5. The minimum atomic E-state index is -1.25. The number of nitrogens with one attached hydrogen (secondary N) is 2. The standard InChI is InChI=1S/C21H24N4O4/c1-21(15-8-10-16(29-2)11-9-15)19(27)25(20(28)24-21)13-18(26)23-12-17(22)14-6-4-3-5-7-14/h3-11,17H,12-13,22H2,1-2H3,(H,23,26)(H,24,28). The summed E-state index contributed by atoms with van der Waals surface area (Å²) < 4.78 is 5.12. The van der Waals surface area contributed by atoms with Crippen LogP contribution < -0.4 is 21.1 Å². The normalized spacial score (nSPS) is 19.6. The van der Waals surface area contributed by atoms with Crippen molar-refractivity contribution in [2.45, 2.75) is 18.5 Å². The van der Waals surface area contributed by atoms with Crippen LogP contribution in [0.5, 0.6) is 5.75 Å². The Hall–Kier alpha value is -3.39. The van der Waals surface area contributed by atoms with Crippen molar-refractivity contribution in [2.75, 3.05) is 20.2 Å². The van der Waals surface area contributed by atoms with Crippen molar-refractivity contribution in [1.82, 2.24) is 15.5 Å². The van der Waals surface area contributed by atoms with E-state index in [1.54, 1.807) is 38.3 Å². The van der Waals surface area contributed by atoms with Crippen LogP contribution in [-0.4, -0.2) is 42.9 Å². The molecule has 1 aliphatic heterocycles. The number of carbonyl (C=O) groups is 3. The first-order chi connectivity index (χ1) is 13.8. The van der Waals surface area contributed by atoms with Crippen molar-refractivity contribution < 1.29 is 19.1 Å². The Morgan fingerprint density at radius 2 is 1.83 bits per heavy atom. The molecule has 8 nitrogen and oxygen atoms in total. The third-order valence-corrected chi connectivity index (χ3v) is 4.99. The van der Waals surface area contributed by atoms with Gasteiger partial charge in [-0.3, -0.25) is 14.5 Å². The maximum absolute atomic E-state index is 12.9. The summed E-state index contributed by atoms with van der Waals surface area (Å²) in [5.74, 6) is -0.311. The molecule has 2 unspecified atom stereocenters. The minimum Gasteiger partial charge on any atom is -0.497 e. The zero-order valence-electron chi connectivity index (χ0n) is 16.3. The molecule has 29 heavy (non-hydrogen) atoms. The number of methoxy groups -OCH3 is 1. The molecule has 8 heteroatoms. The lowest BCUT2D eigenvalue weighted by molar-refractivity contribution is -0.134. The fourth-order valence-corrected chi connectivity index (χ4v) is 3.20. The third-order valence-electron chi connectivity index (χ3n) is 4.99.